The molecule has 132 valence electrons. The summed E-state index contributed by atoms with van der Waals surface area (Å²) < 4.78 is 0. The van der Waals surface area contributed by atoms with Crippen LogP contribution in [0.5, 0.6) is 5.75 Å². The number of phenols is 1. The van der Waals surface area contributed by atoms with E-state index in [2.05, 4.69) is 10.6 Å². The van der Waals surface area contributed by atoms with Gasteiger partial charge in [-0.3, -0.25) is 14.4 Å². The number of hydrogen-bond acceptors (Lipinski definition) is 4. The fourth-order valence-corrected chi connectivity index (χ4v) is 2.27. The molecule has 7 nitrogen and oxygen atoms in total. The Balaban J connectivity index is 2.85. The molecule has 0 radical (unpaired) electrons. The van der Waals surface area contributed by atoms with Gasteiger partial charge in [0, 0.05) is 13.3 Å². The summed E-state index contributed by atoms with van der Waals surface area (Å²) in [6, 6.07) is 4.66. The number of aromatic hydroxyl groups is 1. The van der Waals surface area contributed by atoms with Crippen LogP contribution in [0.25, 0.3) is 0 Å². The van der Waals surface area contributed by atoms with Crippen LogP contribution in [0.2, 0.25) is 0 Å². The maximum atomic E-state index is 12.5. The number of nitrogens with one attached hydrogen (secondary N) is 2. The summed E-state index contributed by atoms with van der Waals surface area (Å²) >= 11 is 0. The predicted octanol–water partition coefficient (Wildman–Crippen LogP) is 0.456. The first-order chi connectivity index (χ1) is 11.2. The molecule has 0 spiro atoms. The normalized spacial score (nSPS) is 14.3. The molecule has 3 atom stereocenters. The fraction of sp³-hybridized carbons (Fsp3) is 0.471. The zero-order valence-electron chi connectivity index (χ0n) is 14.2. The average Bonchev–Trinajstić information content (AvgIpc) is 2.52. The number of nitrogens with two attached hydrogens (primary N) is 1. The molecule has 1 aromatic carbocycles. The van der Waals surface area contributed by atoms with Gasteiger partial charge in [-0.2, -0.15) is 0 Å². The number of amides is 3. The molecular weight excluding hydrogens is 310 g/mol. The molecule has 0 aliphatic carbocycles. The Kier molecular flexibility index (Phi) is 7.23. The van der Waals surface area contributed by atoms with E-state index >= 15 is 0 Å². The fourth-order valence-electron chi connectivity index (χ4n) is 2.27. The summed E-state index contributed by atoms with van der Waals surface area (Å²) in [7, 11) is 0. The highest BCUT2D eigenvalue weighted by Crippen LogP contribution is 2.12. The van der Waals surface area contributed by atoms with E-state index in [1.165, 1.54) is 19.1 Å². The molecule has 0 fully saturated rings. The number of hydrogen-bond donors (Lipinski definition) is 4. The van der Waals surface area contributed by atoms with Gasteiger partial charge in [0.25, 0.3) is 0 Å². The lowest BCUT2D eigenvalue weighted by molar-refractivity contribution is -0.132. The second kappa shape index (κ2) is 8.90. The van der Waals surface area contributed by atoms with Gasteiger partial charge >= 0.3 is 0 Å². The van der Waals surface area contributed by atoms with E-state index in [4.69, 9.17) is 5.73 Å². The maximum absolute atomic E-state index is 12.5. The quantitative estimate of drug-likeness (QED) is 0.551. The van der Waals surface area contributed by atoms with Gasteiger partial charge in [0.2, 0.25) is 17.7 Å². The molecule has 0 heterocycles. The lowest BCUT2D eigenvalue weighted by atomic mass is 9.97. The number of benzene rings is 1. The average molecular weight is 335 g/mol. The van der Waals surface area contributed by atoms with Crippen LogP contribution in [0, 0.1) is 5.92 Å². The van der Waals surface area contributed by atoms with Gasteiger partial charge in [-0.05, 0) is 23.6 Å². The number of phenolic OH excluding ortho intramolecular Hbond substituents is 1. The molecule has 5 N–H and O–H groups in total. The highest BCUT2D eigenvalue weighted by Gasteiger charge is 2.28. The van der Waals surface area contributed by atoms with Gasteiger partial charge in [0.15, 0.2) is 0 Å². The first-order valence-electron chi connectivity index (χ1n) is 7.89. The summed E-state index contributed by atoms with van der Waals surface area (Å²) in [4.78, 5) is 35.4. The van der Waals surface area contributed by atoms with Crippen molar-refractivity contribution in [2.45, 2.75) is 45.7 Å². The minimum absolute atomic E-state index is 0.0869. The van der Waals surface area contributed by atoms with E-state index in [0.717, 1.165) is 5.56 Å². The Morgan fingerprint density at radius 3 is 2.21 bits per heavy atom. The molecule has 1 aromatic rings. The molecule has 0 bridgehead atoms. The summed E-state index contributed by atoms with van der Waals surface area (Å²) in [5.41, 5.74) is 6.13. The van der Waals surface area contributed by atoms with Crippen LogP contribution < -0.4 is 16.4 Å². The second-order valence-electron chi connectivity index (χ2n) is 5.90. The maximum Gasteiger partial charge on any atom is 0.243 e. The van der Waals surface area contributed by atoms with Crippen molar-refractivity contribution in [3.8, 4) is 5.75 Å². The molecule has 0 aliphatic rings. The largest absolute Gasteiger partial charge is 0.508 e. The van der Waals surface area contributed by atoms with Gasteiger partial charge in [0.05, 0.1) is 0 Å². The van der Waals surface area contributed by atoms with Crippen LogP contribution in [-0.2, 0) is 20.8 Å². The van der Waals surface area contributed by atoms with E-state index < -0.39 is 23.9 Å². The van der Waals surface area contributed by atoms with Crippen molar-refractivity contribution >= 4 is 17.7 Å². The number of primary amides is 1. The Labute approximate surface area is 141 Å². The van der Waals surface area contributed by atoms with Gasteiger partial charge in [-0.15, -0.1) is 0 Å². The number of rotatable bonds is 8. The topological polar surface area (TPSA) is 122 Å². The smallest absolute Gasteiger partial charge is 0.243 e. The Morgan fingerprint density at radius 2 is 1.75 bits per heavy atom. The summed E-state index contributed by atoms with van der Waals surface area (Å²) in [5.74, 6) is -1.40. The molecule has 0 aliphatic heterocycles. The van der Waals surface area contributed by atoms with Crippen molar-refractivity contribution in [1.29, 1.82) is 0 Å². The SMILES string of the molecule is CC[C@H](C)[C@H](NC(C)=O)C(=O)N[C@@H](Cc1ccc(O)cc1)C(N)=O. The molecule has 0 saturated heterocycles. The highest BCUT2D eigenvalue weighted by molar-refractivity contribution is 5.91. The lowest BCUT2D eigenvalue weighted by Gasteiger charge is -2.25. The molecule has 24 heavy (non-hydrogen) atoms. The summed E-state index contributed by atoms with van der Waals surface area (Å²) in [6.07, 6.45) is 0.895. The first-order valence-corrected chi connectivity index (χ1v) is 7.89. The van der Waals surface area contributed by atoms with Crippen molar-refractivity contribution in [3.63, 3.8) is 0 Å². The van der Waals surface area contributed by atoms with Crippen LogP contribution in [0.4, 0.5) is 0 Å². The van der Waals surface area contributed by atoms with Crippen molar-refractivity contribution < 1.29 is 19.5 Å². The Hall–Kier alpha value is -2.57. The molecule has 7 heteroatoms. The third-order valence-electron chi connectivity index (χ3n) is 3.89. The Morgan fingerprint density at radius 1 is 1.17 bits per heavy atom. The molecule has 0 aromatic heterocycles. The van der Waals surface area contributed by atoms with Gasteiger partial charge < -0.3 is 21.5 Å². The summed E-state index contributed by atoms with van der Waals surface area (Å²) in [5, 5.41) is 14.5. The molecule has 1 rings (SSSR count). The van der Waals surface area contributed by atoms with Gasteiger partial charge in [0.1, 0.15) is 17.8 Å². The monoisotopic (exact) mass is 335 g/mol. The van der Waals surface area contributed by atoms with Gasteiger partial charge in [-0.1, -0.05) is 32.4 Å². The van der Waals surface area contributed by atoms with Crippen molar-refractivity contribution in [3.05, 3.63) is 29.8 Å². The highest BCUT2D eigenvalue weighted by atomic mass is 16.3. The predicted molar refractivity (Wildman–Crippen MR) is 90.0 cm³/mol. The first kappa shape index (κ1) is 19.5. The van der Waals surface area contributed by atoms with Crippen molar-refractivity contribution in [1.82, 2.24) is 10.6 Å². The van der Waals surface area contributed by atoms with Crippen LogP contribution in [0.3, 0.4) is 0 Å². The van der Waals surface area contributed by atoms with E-state index in [1.54, 1.807) is 12.1 Å². The molecule has 0 saturated carbocycles. The zero-order chi connectivity index (χ0) is 18.3. The Bertz CT molecular complexity index is 586. The van der Waals surface area contributed by atoms with E-state index in [-0.39, 0.29) is 24.0 Å². The van der Waals surface area contributed by atoms with E-state index in [1.807, 2.05) is 13.8 Å². The van der Waals surface area contributed by atoms with Crippen molar-refractivity contribution in [2.75, 3.05) is 0 Å². The standard InChI is InChI=1S/C17H25N3O4/c1-4-10(2)15(19-11(3)21)17(24)20-14(16(18)23)9-12-5-7-13(22)8-6-12/h5-8,10,14-15,22H,4,9H2,1-3H3,(H2,18,23)(H,19,21)(H,20,24)/t10-,14-,15-/m0/s1. The lowest BCUT2D eigenvalue weighted by Crippen LogP contribution is -2.55. The number of carbonyl (C=O) groups excluding carboxylic acids is 3. The third-order valence-corrected chi connectivity index (χ3v) is 3.89. The number of carbonyl (C=O) groups is 3. The molecule has 3 amide bonds. The van der Waals surface area contributed by atoms with Gasteiger partial charge in [-0.25, -0.2) is 0 Å². The van der Waals surface area contributed by atoms with Crippen molar-refractivity contribution in [2.24, 2.45) is 11.7 Å². The van der Waals surface area contributed by atoms with E-state index in [9.17, 15) is 19.5 Å². The van der Waals surface area contributed by atoms with Crippen LogP contribution in [0.1, 0.15) is 32.8 Å². The van der Waals surface area contributed by atoms with E-state index in [0.29, 0.717) is 6.42 Å². The third kappa shape index (κ3) is 5.91. The molecule has 0 unspecified atom stereocenters. The molecular formula is C17H25N3O4. The zero-order valence-corrected chi connectivity index (χ0v) is 14.2. The van der Waals surface area contributed by atoms with Crippen LogP contribution >= 0.6 is 0 Å². The van der Waals surface area contributed by atoms with Crippen LogP contribution in [-0.4, -0.2) is 34.9 Å². The summed E-state index contributed by atoms with van der Waals surface area (Å²) in [6.45, 7) is 5.10. The minimum atomic E-state index is -0.901. The minimum Gasteiger partial charge on any atom is -0.508 e. The second-order valence-corrected chi connectivity index (χ2v) is 5.90. The van der Waals surface area contributed by atoms with Crippen LogP contribution in [0.15, 0.2) is 24.3 Å².